The Bertz CT molecular complexity index is 359. The second-order valence-corrected chi connectivity index (χ2v) is 4.23. The van der Waals surface area contributed by atoms with Crippen molar-refractivity contribution in [3.8, 4) is 0 Å². The molecule has 1 aliphatic rings. The molecule has 1 heterocycles. The van der Waals surface area contributed by atoms with Crippen LogP contribution in [-0.4, -0.2) is 65.4 Å². The molecule has 0 aromatic carbocycles. The molecule has 1 rings (SSSR count). The molecule has 0 radical (unpaired) electrons. The minimum Gasteiger partial charge on any atom is -0.480 e. The van der Waals surface area contributed by atoms with Crippen LogP contribution < -0.4 is 5.32 Å². The third-order valence-corrected chi connectivity index (χ3v) is 3.00. The Labute approximate surface area is 110 Å². The highest BCUT2D eigenvalue weighted by atomic mass is 16.5. The lowest BCUT2D eigenvalue weighted by atomic mass is 10.2. The number of carbonyl (C=O) groups excluding carboxylic acids is 2. The Balaban J connectivity index is 2.65. The first-order valence-electron chi connectivity index (χ1n) is 6.00. The van der Waals surface area contributed by atoms with Crippen molar-refractivity contribution >= 4 is 18.0 Å². The predicted molar refractivity (Wildman–Crippen MR) is 63.4 cm³/mol. The van der Waals surface area contributed by atoms with E-state index in [2.05, 4.69) is 10.1 Å². The van der Waals surface area contributed by atoms with E-state index in [9.17, 15) is 14.4 Å². The van der Waals surface area contributed by atoms with Crippen LogP contribution in [0.2, 0.25) is 0 Å². The molecule has 1 aliphatic heterocycles. The standard InChI is InChI=1S/C11H18N2O6/c1-19-10(17)8-3-2-5-13(8)11(18)12-7(4-6-14)9(15)16/h7-8,14H,2-6H2,1H3,(H,12,18)(H,15,16)/t7-,8?/m0/s1. The Morgan fingerprint density at radius 2 is 2.16 bits per heavy atom. The summed E-state index contributed by atoms with van der Waals surface area (Å²) in [5.41, 5.74) is 0. The van der Waals surface area contributed by atoms with Gasteiger partial charge in [0.05, 0.1) is 7.11 Å². The van der Waals surface area contributed by atoms with Crippen molar-refractivity contribution in [3.63, 3.8) is 0 Å². The highest BCUT2D eigenvalue weighted by molar-refractivity contribution is 5.87. The number of esters is 1. The highest BCUT2D eigenvalue weighted by Crippen LogP contribution is 2.18. The number of carboxylic acid groups (broad SMARTS) is 1. The minimum absolute atomic E-state index is 0.0855. The number of amides is 2. The fraction of sp³-hybridized carbons (Fsp3) is 0.727. The van der Waals surface area contributed by atoms with E-state index in [0.717, 1.165) is 0 Å². The number of methoxy groups -OCH3 is 1. The molecule has 0 aliphatic carbocycles. The van der Waals surface area contributed by atoms with Gasteiger partial charge in [-0.2, -0.15) is 0 Å². The molecule has 2 amide bonds. The molecule has 3 N–H and O–H groups in total. The predicted octanol–water partition coefficient (Wildman–Crippen LogP) is -0.831. The van der Waals surface area contributed by atoms with Gasteiger partial charge in [-0.15, -0.1) is 0 Å². The van der Waals surface area contributed by atoms with Crippen molar-refractivity contribution in [2.75, 3.05) is 20.3 Å². The zero-order chi connectivity index (χ0) is 14.4. The SMILES string of the molecule is COC(=O)C1CCCN1C(=O)N[C@@H](CCO)C(=O)O. The van der Waals surface area contributed by atoms with Crippen molar-refractivity contribution < 1.29 is 29.3 Å². The van der Waals surface area contributed by atoms with Gasteiger partial charge < -0.3 is 25.2 Å². The van der Waals surface area contributed by atoms with Gasteiger partial charge in [-0.3, -0.25) is 0 Å². The molecule has 0 aromatic rings. The van der Waals surface area contributed by atoms with E-state index < -0.39 is 30.1 Å². The number of nitrogens with one attached hydrogen (secondary N) is 1. The Morgan fingerprint density at radius 3 is 2.68 bits per heavy atom. The van der Waals surface area contributed by atoms with Crippen LogP contribution in [-0.2, 0) is 14.3 Å². The number of aliphatic hydroxyl groups is 1. The number of carbonyl (C=O) groups is 3. The lowest BCUT2D eigenvalue weighted by Gasteiger charge is -2.24. The molecular weight excluding hydrogens is 256 g/mol. The second kappa shape index (κ2) is 6.93. The van der Waals surface area contributed by atoms with Crippen molar-refractivity contribution in [2.24, 2.45) is 0 Å². The number of hydrogen-bond acceptors (Lipinski definition) is 5. The van der Waals surface area contributed by atoms with E-state index in [4.69, 9.17) is 10.2 Å². The van der Waals surface area contributed by atoms with Crippen LogP contribution in [0, 0.1) is 0 Å². The van der Waals surface area contributed by atoms with Crippen LogP contribution in [0.3, 0.4) is 0 Å². The highest BCUT2D eigenvalue weighted by Gasteiger charge is 2.36. The zero-order valence-corrected chi connectivity index (χ0v) is 10.7. The molecular formula is C11H18N2O6. The van der Waals surface area contributed by atoms with E-state index in [-0.39, 0.29) is 13.0 Å². The van der Waals surface area contributed by atoms with E-state index in [0.29, 0.717) is 19.4 Å². The summed E-state index contributed by atoms with van der Waals surface area (Å²) in [6, 6.07) is -2.47. The molecule has 0 aromatic heterocycles. The summed E-state index contributed by atoms with van der Waals surface area (Å²) in [5, 5.41) is 19.9. The summed E-state index contributed by atoms with van der Waals surface area (Å²) in [6.07, 6.45) is 1.07. The summed E-state index contributed by atoms with van der Waals surface area (Å²) in [7, 11) is 1.24. The number of hydrogen-bond donors (Lipinski definition) is 3. The average molecular weight is 274 g/mol. The monoisotopic (exact) mass is 274 g/mol. The maximum atomic E-state index is 11.9. The van der Waals surface area contributed by atoms with Crippen LogP contribution in [0.25, 0.3) is 0 Å². The van der Waals surface area contributed by atoms with Crippen LogP contribution in [0.4, 0.5) is 4.79 Å². The number of aliphatic hydroxyl groups excluding tert-OH is 1. The number of nitrogens with zero attached hydrogens (tertiary/aromatic N) is 1. The molecule has 1 unspecified atom stereocenters. The number of rotatable bonds is 5. The number of likely N-dealkylation sites (tertiary alicyclic amines) is 1. The van der Waals surface area contributed by atoms with Crippen molar-refractivity contribution in [3.05, 3.63) is 0 Å². The Kier molecular flexibility index (Phi) is 5.56. The van der Waals surface area contributed by atoms with E-state index >= 15 is 0 Å². The summed E-state index contributed by atoms with van der Waals surface area (Å²) in [6.45, 7) is 0.0226. The zero-order valence-electron chi connectivity index (χ0n) is 10.7. The first-order chi connectivity index (χ1) is 9.01. The topological polar surface area (TPSA) is 116 Å². The van der Waals surface area contributed by atoms with E-state index in [1.807, 2.05) is 0 Å². The van der Waals surface area contributed by atoms with Crippen LogP contribution in [0.1, 0.15) is 19.3 Å². The number of aliphatic carboxylic acids is 1. The normalized spacial score (nSPS) is 19.9. The van der Waals surface area contributed by atoms with Gasteiger partial charge in [0.2, 0.25) is 0 Å². The van der Waals surface area contributed by atoms with E-state index in [1.54, 1.807) is 0 Å². The lowest BCUT2D eigenvalue weighted by molar-refractivity contribution is -0.144. The van der Waals surface area contributed by atoms with Crippen molar-refractivity contribution in [1.29, 1.82) is 0 Å². The maximum Gasteiger partial charge on any atom is 0.328 e. The molecule has 19 heavy (non-hydrogen) atoms. The van der Waals surface area contributed by atoms with Gasteiger partial charge in [0.25, 0.3) is 0 Å². The van der Waals surface area contributed by atoms with Crippen LogP contribution >= 0.6 is 0 Å². The summed E-state index contributed by atoms with van der Waals surface area (Å²) >= 11 is 0. The lowest BCUT2D eigenvalue weighted by Crippen LogP contribution is -2.51. The van der Waals surface area contributed by atoms with Crippen LogP contribution in [0.5, 0.6) is 0 Å². The Hall–Kier alpha value is -1.83. The average Bonchev–Trinajstić information content (AvgIpc) is 2.86. The van der Waals surface area contributed by atoms with Gasteiger partial charge in [-0.25, -0.2) is 14.4 Å². The largest absolute Gasteiger partial charge is 0.480 e. The minimum atomic E-state index is -1.23. The Morgan fingerprint density at radius 1 is 1.47 bits per heavy atom. The summed E-state index contributed by atoms with van der Waals surface area (Å²) in [4.78, 5) is 35.5. The van der Waals surface area contributed by atoms with Gasteiger partial charge in [-0.05, 0) is 12.8 Å². The molecule has 2 atom stereocenters. The quantitative estimate of drug-likeness (QED) is 0.563. The van der Waals surface area contributed by atoms with Gasteiger partial charge >= 0.3 is 18.0 Å². The fourth-order valence-corrected chi connectivity index (χ4v) is 2.01. The van der Waals surface area contributed by atoms with E-state index in [1.165, 1.54) is 12.0 Å². The molecule has 1 fully saturated rings. The first kappa shape index (κ1) is 15.2. The first-order valence-corrected chi connectivity index (χ1v) is 6.00. The van der Waals surface area contributed by atoms with Crippen molar-refractivity contribution in [1.82, 2.24) is 10.2 Å². The van der Waals surface area contributed by atoms with Crippen molar-refractivity contribution in [2.45, 2.75) is 31.3 Å². The summed E-state index contributed by atoms with van der Waals surface area (Å²) < 4.78 is 4.60. The number of ether oxygens (including phenoxy) is 1. The molecule has 8 heteroatoms. The molecule has 8 nitrogen and oxygen atoms in total. The third kappa shape index (κ3) is 3.82. The number of carboxylic acids is 1. The maximum absolute atomic E-state index is 11.9. The second-order valence-electron chi connectivity index (χ2n) is 4.23. The molecule has 0 saturated carbocycles. The van der Waals surface area contributed by atoms with Gasteiger partial charge in [0, 0.05) is 19.6 Å². The summed E-state index contributed by atoms with van der Waals surface area (Å²) in [5.74, 6) is -1.74. The third-order valence-electron chi connectivity index (χ3n) is 3.00. The molecule has 1 saturated heterocycles. The van der Waals surface area contributed by atoms with Gasteiger partial charge in [0.15, 0.2) is 0 Å². The molecule has 0 spiro atoms. The fourth-order valence-electron chi connectivity index (χ4n) is 2.01. The molecule has 108 valence electrons. The van der Waals surface area contributed by atoms with Gasteiger partial charge in [0.1, 0.15) is 12.1 Å². The van der Waals surface area contributed by atoms with Crippen LogP contribution in [0.15, 0.2) is 0 Å². The van der Waals surface area contributed by atoms with Gasteiger partial charge in [-0.1, -0.05) is 0 Å². The molecule has 0 bridgehead atoms. The number of urea groups is 1. The smallest absolute Gasteiger partial charge is 0.328 e.